The fourth-order valence-corrected chi connectivity index (χ4v) is 2.76. The van der Waals surface area contributed by atoms with E-state index in [1.165, 1.54) is 10.3 Å². The average molecular weight is 259 g/mol. The molecule has 1 heterocycles. The van der Waals surface area contributed by atoms with Crippen LogP contribution in [-0.2, 0) is 0 Å². The molecule has 4 rings (SSSR count). The maximum Gasteiger partial charge on any atom is 0.0879 e. The van der Waals surface area contributed by atoms with E-state index in [2.05, 4.69) is 18.2 Å². The molecule has 0 fully saturated rings. The minimum Gasteiger partial charge on any atom is -0.428 e. The maximum absolute atomic E-state index is 10.2. The summed E-state index contributed by atoms with van der Waals surface area (Å²) in [6, 6.07) is 24.3. The average Bonchev–Trinajstić information content (AvgIpc) is 2.81. The van der Waals surface area contributed by atoms with Gasteiger partial charge < -0.3 is 5.21 Å². The molecular formula is C18H13NO. The molecule has 0 radical (unpaired) electrons. The standard InChI is InChI=1S/C18H13NO/c20-19-17-9-5-4-8-15(17)16-12-14(10-11-18(16)19)13-6-2-1-3-7-13/h1-12,20H. The fourth-order valence-electron chi connectivity index (χ4n) is 2.76. The number of fused-ring (bicyclic) bond motifs is 3. The van der Waals surface area contributed by atoms with E-state index >= 15 is 0 Å². The van der Waals surface area contributed by atoms with Crippen molar-refractivity contribution in [1.82, 2.24) is 4.73 Å². The van der Waals surface area contributed by atoms with Gasteiger partial charge in [0.15, 0.2) is 0 Å². The Morgan fingerprint density at radius 2 is 1.30 bits per heavy atom. The number of nitrogens with zero attached hydrogens (tertiary/aromatic N) is 1. The van der Waals surface area contributed by atoms with Gasteiger partial charge >= 0.3 is 0 Å². The topological polar surface area (TPSA) is 25.2 Å². The van der Waals surface area contributed by atoms with Crippen LogP contribution >= 0.6 is 0 Å². The van der Waals surface area contributed by atoms with Crippen molar-refractivity contribution in [2.75, 3.05) is 0 Å². The van der Waals surface area contributed by atoms with Crippen LogP contribution in [0.2, 0.25) is 0 Å². The van der Waals surface area contributed by atoms with Crippen LogP contribution in [-0.4, -0.2) is 9.94 Å². The van der Waals surface area contributed by atoms with Gasteiger partial charge in [0.1, 0.15) is 0 Å². The van der Waals surface area contributed by atoms with Crippen LogP contribution < -0.4 is 0 Å². The highest BCUT2D eigenvalue weighted by atomic mass is 16.5. The van der Waals surface area contributed by atoms with Gasteiger partial charge in [0.05, 0.1) is 11.0 Å². The minimum absolute atomic E-state index is 0.839. The molecule has 0 aliphatic carbocycles. The normalized spacial score (nSPS) is 11.2. The summed E-state index contributed by atoms with van der Waals surface area (Å²) in [5.41, 5.74) is 4.03. The lowest BCUT2D eigenvalue weighted by Crippen LogP contribution is -1.87. The van der Waals surface area contributed by atoms with Crippen LogP contribution in [0.4, 0.5) is 0 Å². The van der Waals surface area contributed by atoms with Crippen LogP contribution in [0.3, 0.4) is 0 Å². The van der Waals surface area contributed by atoms with E-state index in [4.69, 9.17) is 0 Å². The third-order valence-electron chi connectivity index (χ3n) is 3.75. The molecular weight excluding hydrogens is 246 g/mol. The summed E-state index contributed by atoms with van der Waals surface area (Å²) < 4.78 is 1.26. The van der Waals surface area contributed by atoms with Gasteiger partial charge in [-0.05, 0) is 29.3 Å². The van der Waals surface area contributed by atoms with Gasteiger partial charge in [-0.2, -0.15) is 4.73 Å². The van der Waals surface area contributed by atoms with Gasteiger partial charge in [0, 0.05) is 10.8 Å². The van der Waals surface area contributed by atoms with E-state index in [1.807, 2.05) is 54.6 Å². The van der Waals surface area contributed by atoms with Crippen LogP contribution in [0, 0.1) is 0 Å². The second kappa shape index (κ2) is 4.14. The summed E-state index contributed by atoms with van der Waals surface area (Å²) in [5, 5.41) is 12.4. The molecule has 1 N–H and O–H groups in total. The third-order valence-corrected chi connectivity index (χ3v) is 3.75. The fraction of sp³-hybridized carbons (Fsp3) is 0. The molecule has 0 saturated heterocycles. The third kappa shape index (κ3) is 1.51. The lowest BCUT2D eigenvalue weighted by atomic mass is 10.0. The Bertz CT molecular complexity index is 907. The Balaban J connectivity index is 2.07. The van der Waals surface area contributed by atoms with Gasteiger partial charge in [0.25, 0.3) is 0 Å². The quantitative estimate of drug-likeness (QED) is 0.492. The zero-order chi connectivity index (χ0) is 13.5. The first-order chi connectivity index (χ1) is 9.84. The van der Waals surface area contributed by atoms with Gasteiger partial charge in [0.2, 0.25) is 0 Å². The van der Waals surface area contributed by atoms with E-state index in [0.717, 1.165) is 27.4 Å². The lowest BCUT2D eigenvalue weighted by molar-refractivity contribution is 0.213. The summed E-state index contributed by atoms with van der Waals surface area (Å²) in [5.74, 6) is 0. The summed E-state index contributed by atoms with van der Waals surface area (Å²) in [7, 11) is 0. The molecule has 0 unspecified atom stereocenters. The summed E-state index contributed by atoms with van der Waals surface area (Å²) in [6.45, 7) is 0. The minimum atomic E-state index is 0.839. The van der Waals surface area contributed by atoms with Crippen molar-refractivity contribution in [3.8, 4) is 11.1 Å². The van der Waals surface area contributed by atoms with Crippen molar-refractivity contribution in [1.29, 1.82) is 0 Å². The summed E-state index contributed by atoms with van der Waals surface area (Å²) >= 11 is 0. The first-order valence-electron chi connectivity index (χ1n) is 6.62. The van der Waals surface area contributed by atoms with Crippen LogP contribution in [0.1, 0.15) is 0 Å². The number of hydrogen-bond acceptors (Lipinski definition) is 1. The Kier molecular flexibility index (Phi) is 2.30. The van der Waals surface area contributed by atoms with Crippen molar-refractivity contribution in [2.24, 2.45) is 0 Å². The highest BCUT2D eigenvalue weighted by Crippen LogP contribution is 2.31. The van der Waals surface area contributed by atoms with E-state index < -0.39 is 0 Å². The number of para-hydroxylation sites is 1. The molecule has 1 aromatic heterocycles. The van der Waals surface area contributed by atoms with Crippen LogP contribution in [0.15, 0.2) is 72.8 Å². The summed E-state index contributed by atoms with van der Waals surface area (Å²) in [6.07, 6.45) is 0. The van der Waals surface area contributed by atoms with E-state index in [9.17, 15) is 5.21 Å². The van der Waals surface area contributed by atoms with Crippen molar-refractivity contribution in [3.63, 3.8) is 0 Å². The smallest absolute Gasteiger partial charge is 0.0879 e. The SMILES string of the molecule is On1c2ccccc2c2cc(-c3ccccc3)ccc21. The molecule has 20 heavy (non-hydrogen) atoms. The summed E-state index contributed by atoms with van der Waals surface area (Å²) in [4.78, 5) is 0. The predicted octanol–water partition coefficient (Wildman–Crippen LogP) is 4.70. The molecule has 0 atom stereocenters. The number of benzene rings is 3. The second-order valence-corrected chi connectivity index (χ2v) is 4.93. The first kappa shape index (κ1) is 11.1. The van der Waals surface area contributed by atoms with Crippen molar-refractivity contribution in [3.05, 3.63) is 72.8 Å². The van der Waals surface area contributed by atoms with E-state index in [-0.39, 0.29) is 0 Å². The van der Waals surface area contributed by atoms with Crippen molar-refractivity contribution >= 4 is 21.8 Å². The Morgan fingerprint density at radius 1 is 0.600 bits per heavy atom. The van der Waals surface area contributed by atoms with Gasteiger partial charge in [-0.25, -0.2) is 0 Å². The maximum atomic E-state index is 10.2. The lowest BCUT2D eigenvalue weighted by Gasteiger charge is -2.02. The van der Waals surface area contributed by atoms with Gasteiger partial charge in [-0.3, -0.25) is 0 Å². The van der Waals surface area contributed by atoms with E-state index in [0.29, 0.717) is 0 Å². The van der Waals surface area contributed by atoms with Crippen molar-refractivity contribution in [2.45, 2.75) is 0 Å². The van der Waals surface area contributed by atoms with Crippen molar-refractivity contribution < 1.29 is 5.21 Å². The molecule has 0 spiro atoms. The molecule has 0 bridgehead atoms. The molecule has 3 aromatic carbocycles. The van der Waals surface area contributed by atoms with Gasteiger partial charge in [-0.1, -0.05) is 54.6 Å². The molecule has 0 amide bonds. The van der Waals surface area contributed by atoms with E-state index in [1.54, 1.807) is 0 Å². The zero-order valence-electron chi connectivity index (χ0n) is 10.8. The monoisotopic (exact) mass is 259 g/mol. The molecule has 4 aromatic rings. The zero-order valence-corrected chi connectivity index (χ0v) is 10.8. The van der Waals surface area contributed by atoms with Crippen LogP contribution in [0.5, 0.6) is 0 Å². The molecule has 96 valence electrons. The Labute approximate surface area is 116 Å². The molecule has 0 aliphatic heterocycles. The molecule has 0 aliphatic rings. The number of hydrogen-bond donors (Lipinski definition) is 1. The highest BCUT2D eigenvalue weighted by molar-refractivity contribution is 6.08. The highest BCUT2D eigenvalue weighted by Gasteiger charge is 2.10. The van der Waals surface area contributed by atoms with Gasteiger partial charge in [-0.15, -0.1) is 0 Å². The predicted molar refractivity (Wildman–Crippen MR) is 82.1 cm³/mol. The van der Waals surface area contributed by atoms with Crippen LogP contribution in [0.25, 0.3) is 32.9 Å². The second-order valence-electron chi connectivity index (χ2n) is 4.93. The number of aromatic nitrogens is 1. The Hall–Kier alpha value is -2.74. The molecule has 2 nitrogen and oxygen atoms in total. The first-order valence-corrected chi connectivity index (χ1v) is 6.62. The largest absolute Gasteiger partial charge is 0.428 e. The molecule has 0 saturated carbocycles. The Morgan fingerprint density at radius 3 is 2.15 bits per heavy atom. The molecule has 2 heteroatoms. The number of rotatable bonds is 1.